The molecule has 1 saturated carbocycles. The second kappa shape index (κ2) is 17.3. The van der Waals surface area contributed by atoms with E-state index in [1.54, 1.807) is 0 Å². The molecule has 0 radical (unpaired) electrons. The average molecular weight is 781 g/mol. The number of anilines is 2. The summed E-state index contributed by atoms with van der Waals surface area (Å²) >= 11 is 0. The number of rotatable bonds is 8. The maximum Gasteiger partial charge on any atom is 0.251 e. The minimum Gasteiger partial charge on any atom is -0.489 e. The first-order valence-corrected chi connectivity index (χ1v) is 21.6. The second-order valence-electron chi connectivity index (χ2n) is 15.1. The quantitative estimate of drug-likeness (QED) is 0.182. The van der Waals surface area contributed by atoms with Crippen LogP contribution < -0.4 is 25.6 Å². The largest absolute Gasteiger partial charge is 0.489 e. The topological polar surface area (TPSA) is 142 Å². The molecule has 3 heterocycles. The minimum absolute atomic E-state index is 0.0774. The normalized spacial score (nSPS) is 18.5. The van der Waals surface area contributed by atoms with Gasteiger partial charge in [-0.1, -0.05) is 37.5 Å². The van der Waals surface area contributed by atoms with Crippen molar-refractivity contribution in [3.63, 3.8) is 0 Å². The fourth-order valence-corrected chi connectivity index (χ4v) is 9.15. The smallest absolute Gasteiger partial charge is 0.251 e. The highest BCUT2D eigenvalue weighted by Gasteiger charge is 2.29. The Bertz CT molecular complexity index is 2220. The third kappa shape index (κ3) is 9.11. The minimum atomic E-state index is -3.27. The molecule has 56 heavy (non-hydrogen) atoms. The summed E-state index contributed by atoms with van der Waals surface area (Å²) in [6.07, 6.45) is 12.4. The van der Waals surface area contributed by atoms with Crippen molar-refractivity contribution in [2.75, 3.05) is 55.7 Å². The Balaban J connectivity index is 1.21. The molecular formula is C43H52N6O6S. The van der Waals surface area contributed by atoms with Crippen LogP contribution in [0.5, 0.6) is 5.75 Å². The molecule has 0 spiro atoms. The van der Waals surface area contributed by atoms with E-state index < -0.39 is 10.0 Å². The predicted octanol–water partition coefficient (Wildman–Crippen LogP) is 6.17. The van der Waals surface area contributed by atoms with Gasteiger partial charge in [0.15, 0.2) is 0 Å². The van der Waals surface area contributed by atoms with E-state index in [2.05, 4.69) is 31.5 Å². The number of carbonyl (C=O) groups is 3. The number of hydrogen-bond acceptors (Lipinski definition) is 7. The van der Waals surface area contributed by atoms with Crippen LogP contribution in [-0.4, -0.2) is 80.5 Å². The molecule has 3 aliphatic rings. The first-order chi connectivity index (χ1) is 27.0. The van der Waals surface area contributed by atoms with E-state index in [9.17, 15) is 22.8 Å². The number of nitrogens with zero attached hydrogens (tertiary/aromatic N) is 3. The van der Waals surface area contributed by atoms with Crippen molar-refractivity contribution in [2.45, 2.75) is 70.9 Å². The molecule has 3 N–H and O–H groups in total. The Morgan fingerprint density at radius 2 is 1.55 bits per heavy atom. The number of ether oxygens (including phenoxy) is 1. The Morgan fingerprint density at radius 3 is 2.25 bits per heavy atom. The van der Waals surface area contributed by atoms with Crippen LogP contribution in [0.4, 0.5) is 11.4 Å². The molecule has 12 nitrogen and oxygen atoms in total. The molecule has 7 rings (SSSR count). The van der Waals surface area contributed by atoms with E-state index in [0.29, 0.717) is 62.2 Å². The van der Waals surface area contributed by atoms with Crippen LogP contribution in [-0.2, 0) is 32.8 Å². The van der Waals surface area contributed by atoms with Gasteiger partial charge in [-0.05, 0) is 97.3 Å². The number of nitrogens with one attached hydrogen (secondary N) is 3. The van der Waals surface area contributed by atoms with Crippen LogP contribution in [0.3, 0.4) is 0 Å². The van der Waals surface area contributed by atoms with Crippen LogP contribution in [0.15, 0.2) is 72.8 Å². The zero-order chi connectivity index (χ0) is 39.2. The summed E-state index contributed by atoms with van der Waals surface area (Å²) in [4.78, 5) is 40.9. The number of benzene rings is 3. The number of piperazine rings is 1. The molecule has 296 valence electrons. The third-order valence-electron chi connectivity index (χ3n) is 11.0. The maximum atomic E-state index is 13.5. The van der Waals surface area contributed by atoms with Crippen molar-refractivity contribution in [1.82, 2.24) is 19.5 Å². The molecule has 1 saturated heterocycles. The van der Waals surface area contributed by atoms with Gasteiger partial charge in [0.25, 0.3) is 5.91 Å². The molecule has 3 amide bonds. The van der Waals surface area contributed by atoms with Crippen LogP contribution in [0.1, 0.15) is 79.3 Å². The molecule has 3 aromatic carbocycles. The summed E-state index contributed by atoms with van der Waals surface area (Å²) in [5.41, 5.74) is 7.08. The molecule has 2 aliphatic heterocycles. The lowest BCUT2D eigenvalue weighted by Gasteiger charge is -2.35. The number of fused-ring (bicyclic) bond motifs is 1. The summed E-state index contributed by atoms with van der Waals surface area (Å²) in [7, 11) is -3.27. The van der Waals surface area contributed by atoms with Gasteiger partial charge >= 0.3 is 0 Å². The van der Waals surface area contributed by atoms with Crippen molar-refractivity contribution in [3.8, 4) is 17.0 Å². The lowest BCUT2D eigenvalue weighted by molar-refractivity contribution is -0.121. The molecule has 4 aromatic rings. The van der Waals surface area contributed by atoms with Gasteiger partial charge in [0, 0.05) is 74.1 Å². The summed E-state index contributed by atoms with van der Waals surface area (Å²) < 4.78 is 34.3. The highest BCUT2D eigenvalue weighted by molar-refractivity contribution is 7.88. The van der Waals surface area contributed by atoms with Gasteiger partial charge in [0.1, 0.15) is 18.9 Å². The highest BCUT2D eigenvalue weighted by atomic mass is 32.2. The molecule has 2 fully saturated rings. The molecule has 2 bridgehead atoms. The maximum absolute atomic E-state index is 13.5. The van der Waals surface area contributed by atoms with Crippen molar-refractivity contribution in [1.29, 1.82) is 0 Å². The second-order valence-corrected chi connectivity index (χ2v) is 17.0. The van der Waals surface area contributed by atoms with Gasteiger partial charge in [0.2, 0.25) is 21.8 Å². The lowest BCUT2D eigenvalue weighted by Crippen LogP contribution is -2.48. The van der Waals surface area contributed by atoms with Crippen LogP contribution in [0.25, 0.3) is 22.2 Å². The molecule has 1 aliphatic carbocycles. The fraction of sp³-hybridized carbons (Fsp3) is 0.419. The molecule has 0 atom stereocenters. The van der Waals surface area contributed by atoms with E-state index >= 15 is 0 Å². The van der Waals surface area contributed by atoms with Crippen LogP contribution in [0, 0.1) is 0 Å². The van der Waals surface area contributed by atoms with Gasteiger partial charge in [-0.2, -0.15) is 4.31 Å². The number of hydrogen-bond donors (Lipinski definition) is 3. The zero-order valence-electron chi connectivity index (χ0n) is 32.3. The van der Waals surface area contributed by atoms with E-state index in [-0.39, 0.29) is 30.9 Å². The molecule has 13 heteroatoms. The van der Waals surface area contributed by atoms with Crippen LogP contribution >= 0.6 is 0 Å². The first kappa shape index (κ1) is 39.1. The zero-order valence-corrected chi connectivity index (χ0v) is 33.1. The van der Waals surface area contributed by atoms with Gasteiger partial charge in [-0.3, -0.25) is 14.4 Å². The van der Waals surface area contributed by atoms with E-state index in [0.717, 1.165) is 71.9 Å². The van der Waals surface area contributed by atoms with E-state index in [1.807, 2.05) is 66.7 Å². The van der Waals surface area contributed by atoms with Crippen LogP contribution in [0.2, 0.25) is 0 Å². The Kier molecular flexibility index (Phi) is 12.1. The lowest BCUT2D eigenvalue weighted by atomic mass is 9.81. The summed E-state index contributed by atoms with van der Waals surface area (Å²) in [6.45, 7) is 4.74. The Labute approximate surface area is 329 Å². The van der Waals surface area contributed by atoms with Crippen molar-refractivity contribution < 1.29 is 27.5 Å². The molecular weight excluding hydrogens is 729 g/mol. The van der Waals surface area contributed by atoms with Gasteiger partial charge < -0.3 is 30.2 Å². The number of aromatic nitrogens is 1. The summed E-state index contributed by atoms with van der Waals surface area (Å²) in [5, 5.41) is 10.1. The van der Waals surface area contributed by atoms with E-state index in [1.165, 1.54) is 29.5 Å². The SMILES string of the molecule is CC(=O)Nc1ccc(N2CCN(S(C)(=O)=O)CC2)c(COc2ccc(-c3c(C4CCCCC4)c4ccc5cc4n3CC(=O)NCC/C=C\CCNC5=O)cc2)c1. The average Bonchev–Trinajstić information content (AvgIpc) is 3.50. The third-order valence-corrected chi connectivity index (χ3v) is 12.4. The first-order valence-electron chi connectivity index (χ1n) is 19.7. The van der Waals surface area contributed by atoms with Gasteiger partial charge in [-0.15, -0.1) is 0 Å². The predicted molar refractivity (Wildman–Crippen MR) is 221 cm³/mol. The van der Waals surface area contributed by atoms with Gasteiger partial charge in [-0.25, -0.2) is 8.42 Å². The fourth-order valence-electron chi connectivity index (χ4n) is 8.32. The highest BCUT2D eigenvalue weighted by Crippen LogP contribution is 2.44. The summed E-state index contributed by atoms with van der Waals surface area (Å²) in [6, 6.07) is 19.6. The number of carbonyl (C=O) groups excluding carboxylic acids is 3. The van der Waals surface area contributed by atoms with E-state index in [4.69, 9.17) is 4.74 Å². The molecule has 0 unspecified atom stereocenters. The monoisotopic (exact) mass is 780 g/mol. The standard InChI is InChI=1S/C43H52N6O6S/c1-30(50)46-35-15-19-38(47-22-24-48(25-23-47)56(2,53)54)34(26-35)29-55-36-16-12-32(13-17-36)42-41(31-10-6-5-7-11-31)37-18-14-33-27-39(37)49(42)28-40(51)44-20-8-3-4-9-21-45-43(33)52/h3-4,12-19,26-27,31H,5-11,20-25,28-29H2,1-2H3,(H,44,51)(H,45,52)(H,46,50)/b4-3-. The van der Waals surface area contributed by atoms with Crippen molar-refractivity contribution in [2.24, 2.45) is 0 Å². The Hall–Kier alpha value is -5.14. The van der Waals surface area contributed by atoms with Crippen molar-refractivity contribution in [3.05, 3.63) is 89.5 Å². The summed E-state index contributed by atoms with van der Waals surface area (Å²) in [5.74, 6) is 0.600. The number of sulfonamides is 1. The number of amides is 3. The van der Waals surface area contributed by atoms with Crippen molar-refractivity contribution >= 4 is 50.0 Å². The Morgan fingerprint density at radius 1 is 0.857 bits per heavy atom. The van der Waals surface area contributed by atoms with Gasteiger partial charge in [0.05, 0.1) is 17.5 Å². The molecule has 1 aromatic heterocycles.